The van der Waals surface area contributed by atoms with Gasteiger partial charge in [0, 0.05) is 5.56 Å². The minimum atomic E-state index is -0.485. The molecule has 0 spiro atoms. The molecule has 0 atom stereocenters. The molecule has 0 unspecified atom stereocenters. The second-order valence-electron chi connectivity index (χ2n) is 5.46. The van der Waals surface area contributed by atoms with E-state index in [1.54, 1.807) is 49.6 Å². The van der Waals surface area contributed by atoms with E-state index in [2.05, 4.69) is 26.8 Å². The maximum atomic E-state index is 12.1. The minimum absolute atomic E-state index is 0.236. The molecule has 2 N–H and O–H groups in total. The number of carbonyl (C=O) groups excluding carboxylic acids is 2. The van der Waals surface area contributed by atoms with Crippen LogP contribution in [0.4, 0.5) is 0 Å². The summed E-state index contributed by atoms with van der Waals surface area (Å²) in [6.45, 7) is 2.37. The fourth-order valence-electron chi connectivity index (χ4n) is 2.03. The van der Waals surface area contributed by atoms with Crippen molar-refractivity contribution in [2.75, 3.05) is 20.3 Å². The summed E-state index contributed by atoms with van der Waals surface area (Å²) < 4.78 is 16.6. The maximum absolute atomic E-state index is 12.1. The van der Waals surface area contributed by atoms with Crippen LogP contribution < -0.4 is 25.1 Å². The van der Waals surface area contributed by atoms with E-state index in [0.29, 0.717) is 33.9 Å². The highest BCUT2D eigenvalue weighted by Crippen LogP contribution is 2.26. The van der Waals surface area contributed by atoms with E-state index in [4.69, 9.17) is 14.2 Å². The molecule has 0 aliphatic heterocycles. The molecule has 0 aliphatic rings. The quantitative estimate of drug-likeness (QED) is 0.620. The largest absolute Gasteiger partial charge is 0.497 e. The van der Waals surface area contributed by atoms with Gasteiger partial charge in [0.15, 0.2) is 6.61 Å². The predicted octanol–water partition coefficient (Wildman–Crippen LogP) is 3.09. The third-order valence-corrected chi connectivity index (χ3v) is 4.02. The Morgan fingerprint density at radius 1 is 1.00 bits per heavy atom. The molecule has 144 valence electrons. The Labute approximate surface area is 166 Å². The Kier molecular flexibility index (Phi) is 7.94. The first kappa shape index (κ1) is 20.6. The van der Waals surface area contributed by atoms with Crippen LogP contribution in [-0.4, -0.2) is 32.1 Å². The van der Waals surface area contributed by atoms with E-state index >= 15 is 0 Å². The summed E-state index contributed by atoms with van der Waals surface area (Å²) >= 11 is 3.37. The summed E-state index contributed by atoms with van der Waals surface area (Å²) in [6, 6.07) is 11.8. The Hall–Kier alpha value is -2.74. The summed E-state index contributed by atoms with van der Waals surface area (Å²) in [5.41, 5.74) is 5.03. The van der Waals surface area contributed by atoms with Crippen molar-refractivity contribution in [1.82, 2.24) is 10.9 Å². The molecule has 0 saturated carbocycles. The number of carbonyl (C=O) groups is 2. The van der Waals surface area contributed by atoms with Gasteiger partial charge in [0.1, 0.15) is 17.2 Å². The molecule has 27 heavy (non-hydrogen) atoms. The van der Waals surface area contributed by atoms with Gasteiger partial charge in [0.25, 0.3) is 11.8 Å². The van der Waals surface area contributed by atoms with Crippen LogP contribution in [0.2, 0.25) is 0 Å². The lowest BCUT2D eigenvalue weighted by Gasteiger charge is -2.11. The van der Waals surface area contributed by atoms with Crippen LogP contribution in [0, 0.1) is 0 Å². The Balaban J connectivity index is 1.80. The molecule has 8 heteroatoms. The van der Waals surface area contributed by atoms with E-state index < -0.39 is 11.8 Å². The van der Waals surface area contributed by atoms with Gasteiger partial charge in [-0.2, -0.15) is 0 Å². The zero-order valence-electron chi connectivity index (χ0n) is 15.1. The van der Waals surface area contributed by atoms with Crippen LogP contribution in [0.1, 0.15) is 23.7 Å². The maximum Gasteiger partial charge on any atom is 0.276 e. The van der Waals surface area contributed by atoms with Gasteiger partial charge >= 0.3 is 0 Å². The molecule has 0 fully saturated rings. The van der Waals surface area contributed by atoms with Crippen molar-refractivity contribution in [3.8, 4) is 17.2 Å². The molecule has 2 rings (SSSR count). The first-order valence-electron chi connectivity index (χ1n) is 8.32. The number of ether oxygens (including phenoxy) is 3. The molecular weight excluding hydrogens is 416 g/mol. The number of methoxy groups -OCH3 is 1. The molecule has 7 nitrogen and oxygen atoms in total. The zero-order chi connectivity index (χ0) is 19.6. The van der Waals surface area contributed by atoms with Gasteiger partial charge < -0.3 is 14.2 Å². The monoisotopic (exact) mass is 436 g/mol. The van der Waals surface area contributed by atoms with Crippen molar-refractivity contribution in [3.63, 3.8) is 0 Å². The zero-order valence-corrected chi connectivity index (χ0v) is 16.7. The Morgan fingerprint density at radius 2 is 1.70 bits per heavy atom. The number of hydrogen-bond donors (Lipinski definition) is 2. The summed E-state index contributed by atoms with van der Waals surface area (Å²) in [5.74, 6) is 0.933. The molecule has 0 aliphatic carbocycles. The molecule has 0 bridgehead atoms. The number of hydrazine groups is 1. The van der Waals surface area contributed by atoms with Crippen LogP contribution in [0.3, 0.4) is 0 Å². The van der Waals surface area contributed by atoms with Gasteiger partial charge in [-0.25, -0.2) is 0 Å². The smallest absolute Gasteiger partial charge is 0.276 e. The van der Waals surface area contributed by atoms with Gasteiger partial charge in [-0.1, -0.05) is 6.92 Å². The molecule has 0 saturated heterocycles. The van der Waals surface area contributed by atoms with Gasteiger partial charge in [-0.3, -0.25) is 20.4 Å². The highest BCUT2D eigenvalue weighted by Gasteiger charge is 2.11. The first-order chi connectivity index (χ1) is 13.0. The topological polar surface area (TPSA) is 85.9 Å². The Bertz CT molecular complexity index is 780. The summed E-state index contributed by atoms with van der Waals surface area (Å²) in [7, 11) is 1.57. The van der Waals surface area contributed by atoms with Crippen LogP contribution in [-0.2, 0) is 4.79 Å². The molecule has 0 heterocycles. The van der Waals surface area contributed by atoms with Crippen molar-refractivity contribution in [2.45, 2.75) is 13.3 Å². The summed E-state index contributed by atoms with van der Waals surface area (Å²) in [5, 5.41) is 0. The number of halogens is 1. The average Bonchev–Trinajstić information content (AvgIpc) is 2.69. The van der Waals surface area contributed by atoms with E-state index in [9.17, 15) is 9.59 Å². The van der Waals surface area contributed by atoms with Gasteiger partial charge in [-0.15, -0.1) is 0 Å². The van der Waals surface area contributed by atoms with Crippen LogP contribution in [0.15, 0.2) is 46.9 Å². The van der Waals surface area contributed by atoms with Crippen LogP contribution in [0.5, 0.6) is 17.2 Å². The van der Waals surface area contributed by atoms with E-state index in [1.165, 1.54) is 0 Å². The number of benzene rings is 2. The fourth-order valence-corrected chi connectivity index (χ4v) is 2.52. The Morgan fingerprint density at radius 3 is 2.33 bits per heavy atom. The lowest BCUT2D eigenvalue weighted by Crippen LogP contribution is -2.43. The highest BCUT2D eigenvalue weighted by molar-refractivity contribution is 9.10. The lowest BCUT2D eigenvalue weighted by atomic mass is 10.2. The molecule has 2 aromatic carbocycles. The number of nitrogens with one attached hydrogen (secondary N) is 2. The van der Waals surface area contributed by atoms with Gasteiger partial charge in [-0.05, 0) is 64.8 Å². The number of amides is 2. The molecule has 2 amide bonds. The first-order valence-corrected chi connectivity index (χ1v) is 9.11. The van der Waals surface area contributed by atoms with Crippen molar-refractivity contribution in [1.29, 1.82) is 0 Å². The van der Waals surface area contributed by atoms with Crippen LogP contribution >= 0.6 is 15.9 Å². The van der Waals surface area contributed by atoms with Crippen molar-refractivity contribution < 1.29 is 23.8 Å². The third kappa shape index (κ3) is 6.49. The fraction of sp³-hybridized carbons (Fsp3) is 0.263. The highest BCUT2D eigenvalue weighted by atomic mass is 79.9. The number of hydrogen-bond acceptors (Lipinski definition) is 5. The molecule has 0 radical (unpaired) electrons. The van der Waals surface area contributed by atoms with Crippen molar-refractivity contribution in [2.24, 2.45) is 0 Å². The standard InChI is InChI=1S/C19H21BrN2O5/c1-3-10-26-17-9-4-13(11-16(17)20)19(24)22-21-18(23)12-27-15-7-5-14(25-2)6-8-15/h4-9,11H,3,10,12H2,1-2H3,(H,21,23)(H,22,24). The molecular formula is C19H21BrN2O5. The molecule has 2 aromatic rings. The van der Waals surface area contributed by atoms with Crippen molar-refractivity contribution >= 4 is 27.7 Å². The normalized spacial score (nSPS) is 10.0. The van der Waals surface area contributed by atoms with Gasteiger partial charge in [0.05, 0.1) is 18.2 Å². The lowest BCUT2D eigenvalue weighted by molar-refractivity contribution is -0.123. The van der Waals surface area contributed by atoms with E-state index in [-0.39, 0.29) is 6.61 Å². The SMILES string of the molecule is CCCOc1ccc(C(=O)NNC(=O)COc2ccc(OC)cc2)cc1Br. The average molecular weight is 437 g/mol. The van der Waals surface area contributed by atoms with E-state index in [0.717, 1.165) is 6.42 Å². The minimum Gasteiger partial charge on any atom is -0.497 e. The van der Waals surface area contributed by atoms with E-state index in [1.807, 2.05) is 6.92 Å². The predicted molar refractivity (Wildman–Crippen MR) is 104 cm³/mol. The van der Waals surface area contributed by atoms with Gasteiger partial charge in [0.2, 0.25) is 0 Å². The summed E-state index contributed by atoms with van der Waals surface area (Å²) in [6.07, 6.45) is 0.888. The van der Waals surface area contributed by atoms with Crippen molar-refractivity contribution in [3.05, 3.63) is 52.5 Å². The third-order valence-electron chi connectivity index (χ3n) is 3.40. The molecule has 0 aromatic heterocycles. The number of rotatable bonds is 8. The van der Waals surface area contributed by atoms with Crippen LogP contribution in [0.25, 0.3) is 0 Å². The second-order valence-corrected chi connectivity index (χ2v) is 6.31. The summed E-state index contributed by atoms with van der Waals surface area (Å²) in [4.78, 5) is 23.9. The second kappa shape index (κ2) is 10.4.